The normalized spacial score (nSPS) is 17.6. The van der Waals surface area contributed by atoms with Gasteiger partial charge in [0.25, 0.3) is 0 Å². The first kappa shape index (κ1) is 13.8. The zero-order valence-electron chi connectivity index (χ0n) is 11.1. The summed E-state index contributed by atoms with van der Waals surface area (Å²) < 4.78 is 0.922. The van der Waals surface area contributed by atoms with Gasteiger partial charge in [0.15, 0.2) is 0 Å². The van der Waals surface area contributed by atoms with E-state index >= 15 is 0 Å². The summed E-state index contributed by atoms with van der Waals surface area (Å²) in [7, 11) is 0. The van der Waals surface area contributed by atoms with Crippen LogP contribution < -0.4 is 5.32 Å². The van der Waals surface area contributed by atoms with Crippen molar-refractivity contribution >= 4 is 39.0 Å². The van der Waals surface area contributed by atoms with Gasteiger partial charge in [-0.3, -0.25) is 4.79 Å². The maximum atomic E-state index is 12.5. The van der Waals surface area contributed by atoms with E-state index in [-0.39, 0.29) is 11.8 Å². The van der Waals surface area contributed by atoms with Crippen LogP contribution in [0.4, 0.5) is 5.82 Å². The van der Waals surface area contributed by atoms with E-state index in [4.69, 9.17) is 0 Å². The Morgan fingerprint density at radius 2 is 2.40 bits per heavy atom. The molecule has 0 spiro atoms. The third kappa shape index (κ3) is 2.65. The Kier molecular flexibility index (Phi) is 3.89. The predicted molar refractivity (Wildman–Crippen MR) is 85.3 cm³/mol. The maximum Gasteiger partial charge on any atom is 0.233 e. The van der Waals surface area contributed by atoms with Crippen LogP contribution in [0.3, 0.4) is 0 Å². The van der Waals surface area contributed by atoms with Gasteiger partial charge < -0.3 is 5.32 Å². The minimum Gasteiger partial charge on any atom is -0.310 e. The van der Waals surface area contributed by atoms with E-state index in [9.17, 15) is 4.79 Å². The Hall–Kier alpha value is -1.20. The predicted octanol–water partition coefficient (Wildman–Crippen LogP) is 4.27. The summed E-state index contributed by atoms with van der Waals surface area (Å²) in [5.41, 5.74) is 2.17. The molecule has 0 aliphatic heterocycles. The number of nitrogens with zero attached hydrogens (tertiary/aromatic N) is 1. The Morgan fingerprint density at radius 3 is 3.20 bits per heavy atom. The SMILES string of the molecule is Cc1cc(Br)cnc1NC(=O)C1CCCc2sccc21. The molecule has 2 aromatic heterocycles. The number of fused-ring (bicyclic) bond motifs is 1. The van der Waals surface area contributed by atoms with E-state index in [1.54, 1.807) is 17.5 Å². The number of aryl methyl sites for hydroxylation is 2. The van der Waals surface area contributed by atoms with Crippen molar-refractivity contribution in [2.45, 2.75) is 32.1 Å². The van der Waals surface area contributed by atoms with Crippen LogP contribution in [-0.4, -0.2) is 10.9 Å². The summed E-state index contributed by atoms with van der Waals surface area (Å²) in [5, 5.41) is 5.05. The van der Waals surface area contributed by atoms with E-state index in [2.05, 4.69) is 37.7 Å². The molecular weight excluding hydrogens is 336 g/mol. The van der Waals surface area contributed by atoms with Gasteiger partial charge in [-0.05, 0) is 70.8 Å². The van der Waals surface area contributed by atoms with Crippen LogP contribution in [-0.2, 0) is 11.2 Å². The van der Waals surface area contributed by atoms with Crippen LogP contribution in [0.5, 0.6) is 0 Å². The van der Waals surface area contributed by atoms with Crippen LogP contribution in [0, 0.1) is 6.92 Å². The fourth-order valence-corrected chi connectivity index (χ4v) is 4.07. The number of amides is 1. The Bertz CT molecular complexity index is 653. The number of anilines is 1. The number of halogens is 1. The second-order valence-corrected chi connectivity index (χ2v) is 6.97. The lowest BCUT2D eigenvalue weighted by molar-refractivity contribution is -0.117. The Balaban J connectivity index is 1.81. The van der Waals surface area contributed by atoms with E-state index < -0.39 is 0 Å². The highest BCUT2D eigenvalue weighted by Crippen LogP contribution is 2.35. The molecule has 2 aromatic rings. The first-order valence-electron chi connectivity index (χ1n) is 6.64. The van der Waals surface area contributed by atoms with Gasteiger partial charge in [-0.2, -0.15) is 0 Å². The van der Waals surface area contributed by atoms with E-state index in [0.29, 0.717) is 5.82 Å². The average molecular weight is 351 g/mol. The van der Waals surface area contributed by atoms with Gasteiger partial charge in [0.05, 0.1) is 5.92 Å². The highest BCUT2D eigenvalue weighted by Gasteiger charge is 2.27. The quantitative estimate of drug-likeness (QED) is 0.878. The zero-order valence-corrected chi connectivity index (χ0v) is 13.6. The lowest BCUT2D eigenvalue weighted by Gasteiger charge is -2.22. The van der Waals surface area contributed by atoms with Gasteiger partial charge in [0.2, 0.25) is 5.91 Å². The number of hydrogen-bond donors (Lipinski definition) is 1. The number of aromatic nitrogens is 1. The standard InChI is InChI=1S/C15H15BrN2OS/c1-9-7-10(16)8-17-14(9)18-15(19)12-3-2-4-13-11(12)5-6-20-13/h5-8,12H,2-4H2,1H3,(H,17,18,19). The molecular formula is C15H15BrN2OS. The molecule has 2 heterocycles. The van der Waals surface area contributed by atoms with Crippen molar-refractivity contribution in [3.63, 3.8) is 0 Å². The molecule has 0 fully saturated rings. The van der Waals surface area contributed by atoms with Crippen molar-refractivity contribution in [2.24, 2.45) is 0 Å². The average Bonchev–Trinajstić information content (AvgIpc) is 2.90. The topological polar surface area (TPSA) is 42.0 Å². The molecule has 1 unspecified atom stereocenters. The van der Waals surface area contributed by atoms with Gasteiger partial charge in [-0.15, -0.1) is 11.3 Å². The summed E-state index contributed by atoms with van der Waals surface area (Å²) >= 11 is 5.14. The van der Waals surface area contributed by atoms with Gasteiger partial charge in [-0.1, -0.05) is 0 Å². The van der Waals surface area contributed by atoms with E-state index in [0.717, 1.165) is 29.3 Å². The molecule has 0 radical (unpaired) electrons. The fraction of sp³-hybridized carbons (Fsp3) is 0.333. The Morgan fingerprint density at radius 1 is 1.55 bits per heavy atom. The molecule has 0 saturated heterocycles. The van der Waals surface area contributed by atoms with Crippen LogP contribution in [0.15, 0.2) is 28.2 Å². The highest BCUT2D eigenvalue weighted by atomic mass is 79.9. The van der Waals surface area contributed by atoms with Crippen LogP contribution in [0.1, 0.15) is 34.8 Å². The molecule has 1 aliphatic rings. The first-order chi connectivity index (χ1) is 9.65. The van der Waals surface area contributed by atoms with Crippen LogP contribution >= 0.6 is 27.3 Å². The number of nitrogens with one attached hydrogen (secondary N) is 1. The lowest BCUT2D eigenvalue weighted by Crippen LogP contribution is -2.24. The van der Waals surface area contributed by atoms with Gasteiger partial charge in [0.1, 0.15) is 5.82 Å². The van der Waals surface area contributed by atoms with Crippen molar-refractivity contribution in [3.8, 4) is 0 Å². The number of thiophene rings is 1. The molecule has 1 atom stereocenters. The van der Waals surface area contributed by atoms with Crippen molar-refractivity contribution < 1.29 is 4.79 Å². The van der Waals surface area contributed by atoms with Crippen LogP contribution in [0.2, 0.25) is 0 Å². The van der Waals surface area contributed by atoms with Gasteiger partial charge >= 0.3 is 0 Å². The second-order valence-electron chi connectivity index (χ2n) is 5.05. The summed E-state index contributed by atoms with van der Waals surface area (Å²) in [4.78, 5) is 18.1. The van der Waals surface area contributed by atoms with Crippen molar-refractivity contribution in [1.29, 1.82) is 0 Å². The molecule has 104 valence electrons. The molecule has 1 N–H and O–H groups in total. The summed E-state index contributed by atoms with van der Waals surface area (Å²) in [6, 6.07) is 4.05. The van der Waals surface area contributed by atoms with Crippen molar-refractivity contribution in [3.05, 3.63) is 44.2 Å². The molecule has 5 heteroatoms. The van der Waals surface area contributed by atoms with Crippen molar-refractivity contribution in [2.75, 3.05) is 5.32 Å². The summed E-state index contributed by atoms with van der Waals surface area (Å²) in [5.74, 6) is 0.678. The number of pyridine rings is 1. The second kappa shape index (κ2) is 5.66. The first-order valence-corrected chi connectivity index (χ1v) is 8.31. The van der Waals surface area contributed by atoms with Gasteiger partial charge in [0, 0.05) is 15.5 Å². The van der Waals surface area contributed by atoms with Crippen molar-refractivity contribution in [1.82, 2.24) is 4.98 Å². The third-order valence-electron chi connectivity index (χ3n) is 3.65. The lowest BCUT2D eigenvalue weighted by atomic mass is 9.87. The summed E-state index contributed by atoms with van der Waals surface area (Å²) in [6.45, 7) is 1.95. The monoisotopic (exact) mass is 350 g/mol. The van der Waals surface area contributed by atoms with E-state index in [1.807, 2.05) is 13.0 Å². The zero-order chi connectivity index (χ0) is 14.1. The fourth-order valence-electron chi connectivity index (χ4n) is 2.63. The highest BCUT2D eigenvalue weighted by molar-refractivity contribution is 9.10. The third-order valence-corrected chi connectivity index (χ3v) is 5.09. The molecule has 3 rings (SSSR count). The maximum absolute atomic E-state index is 12.5. The molecule has 1 aliphatic carbocycles. The largest absolute Gasteiger partial charge is 0.310 e. The molecule has 0 saturated carbocycles. The molecule has 0 bridgehead atoms. The molecule has 1 amide bonds. The molecule has 3 nitrogen and oxygen atoms in total. The minimum absolute atomic E-state index is 0.0325. The smallest absolute Gasteiger partial charge is 0.233 e. The minimum atomic E-state index is -0.0325. The number of carbonyl (C=O) groups excluding carboxylic acids is 1. The number of hydrogen-bond acceptors (Lipinski definition) is 3. The number of rotatable bonds is 2. The number of carbonyl (C=O) groups is 1. The summed E-state index contributed by atoms with van der Waals surface area (Å²) in [6.07, 6.45) is 4.81. The molecule has 20 heavy (non-hydrogen) atoms. The van der Waals surface area contributed by atoms with E-state index in [1.165, 1.54) is 10.4 Å². The Labute approximate surface area is 130 Å². The van der Waals surface area contributed by atoms with Crippen LogP contribution in [0.25, 0.3) is 0 Å². The van der Waals surface area contributed by atoms with Gasteiger partial charge in [-0.25, -0.2) is 4.98 Å². The molecule has 0 aromatic carbocycles.